The van der Waals surface area contributed by atoms with Crippen molar-refractivity contribution in [1.29, 1.82) is 0 Å². The summed E-state index contributed by atoms with van der Waals surface area (Å²) in [7, 11) is 0. The van der Waals surface area contributed by atoms with Gasteiger partial charge in [0.2, 0.25) is 0 Å². The van der Waals surface area contributed by atoms with Gasteiger partial charge < -0.3 is 0 Å². The Balaban J connectivity index is 0.00000225. The highest BCUT2D eigenvalue weighted by molar-refractivity contribution is 5.45. The van der Waals surface area contributed by atoms with Crippen LogP contribution in [0.5, 0.6) is 0 Å². The first kappa shape index (κ1) is 16.5. The molecule has 1 fully saturated rings. The van der Waals surface area contributed by atoms with Gasteiger partial charge in [0.05, 0.1) is 5.56 Å². The summed E-state index contributed by atoms with van der Waals surface area (Å²) in [6, 6.07) is 13.6. The van der Waals surface area contributed by atoms with Crippen molar-refractivity contribution in [3.63, 3.8) is 0 Å². The first-order valence-corrected chi connectivity index (χ1v) is 8.66. The molecular formula is C23H25F. The van der Waals surface area contributed by atoms with Crippen LogP contribution in [0.2, 0.25) is 0 Å². The van der Waals surface area contributed by atoms with Crippen LogP contribution in [0, 0.1) is 30.5 Å². The highest BCUT2D eigenvalue weighted by Gasteiger charge is 2.20. The van der Waals surface area contributed by atoms with Crippen LogP contribution in [-0.2, 0) is 0 Å². The molecule has 0 amide bonds. The molecular weight excluding hydrogens is 295 g/mol. The van der Waals surface area contributed by atoms with Gasteiger partial charge in [-0.15, -0.1) is 6.58 Å². The van der Waals surface area contributed by atoms with E-state index >= 15 is 0 Å². The van der Waals surface area contributed by atoms with Crippen LogP contribution in [0.25, 0.3) is 0 Å². The van der Waals surface area contributed by atoms with Crippen LogP contribution in [-0.4, -0.2) is 0 Å². The quantitative estimate of drug-likeness (QED) is 0.454. The maximum absolute atomic E-state index is 13.8. The molecule has 124 valence electrons. The standard InChI is InChI=1S/C23H23F.H2/c1-3-18-5-11-20(12-6-18)21-13-7-19(8-14-21)9-15-22-10-4-17(2)16-23(22)24;/h3-4,7-8,10,13-14,16,18,20H,1,5-6,11-12H2,2H3;1H. The molecule has 24 heavy (non-hydrogen) atoms. The molecule has 0 N–H and O–H groups in total. The monoisotopic (exact) mass is 320 g/mol. The minimum Gasteiger partial charge on any atom is -0.206 e. The number of halogens is 1. The summed E-state index contributed by atoms with van der Waals surface area (Å²) in [5.41, 5.74) is 3.68. The lowest BCUT2D eigenvalue weighted by Gasteiger charge is -2.26. The molecule has 1 heteroatoms. The smallest absolute Gasteiger partial charge is 0.139 e. The van der Waals surface area contributed by atoms with Crippen molar-refractivity contribution in [2.24, 2.45) is 5.92 Å². The summed E-state index contributed by atoms with van der Waals surface area (Å²) >= 11 is 0. The maximum Gasteiger partial charge on any atom is 0.139 e. The Morgan fingerprint density at radius 3 is 2.38 bits per heavy atom. The molecule has 0 saturated heterocycles. The largest absolute Gasteiger partial charge is 0.206 e. The van der Waals surface area contributed by atoms with Crippen LogP contribution >= 0.6 is 0 Å². The second-order valence-electron chi connectivity index (χ2n) is 6.70. The van der Waals surface area contributed by atoms with Crippen molar-refractivity contribution in [2.45, 2.75) is 38.5 Å². The molecule has 0 bridgehead atoms. The number of rotatable bonds is 2. The van der Waals surface area contributed by atoms with E-state index in [9.17, 15) is 4.39 Å². The summed E-state index contributed by atoms with van der Waals surface area (Å²) in [6.07, 6.45) is 7.04. The zero-order valence-corrected chi connectivity index (χ0v) is 14.2. The topological polar surface area (TPSA) is 0 Å². The van der Waals surface area contributed by atoms with E-state index in [-0.39, 0.29) is 7.24 Å². The van der Waals surface area contributed by atoms with Gasteiger partial charge in [-0.25, -0.2) is 4.39 Å². The number of hydrogen-bond acceptors (Lipinski definition) is 0. The number of hydrogen-bond donors (Lipinski definition) is 0. The third kappa shape index (κ3) is 3.95. The highest BCUT2D eigenvalue weighted by Crippen LogP contribution is 2.36. The third-order valence-corrected chi connectivity index (χ3v) is 4.95. The Bertz CT molecular complexity index is 772. The zero-order valence-electron chi connectivity index (χ0n) is 14.2. The van der Waals surface area contributed by atoms with Gasteiger partial charge >= 0.3 is 0 Å². The number of aryl methyl sites for hydroxylation is 1. The molecule has 1 aliphatic rings. The summed E-state index contributed by atoms with van der Waals surface area (Å²) < 4.78 is 13.8. The first-order chi connectivity index (χ1) is 11.7. The van der Waals surface area contributed by atoms with Crippen LogP contribution in [0.1, 0.15) is 55.3 Å². The van der Waals surface area contributed by atoms with Crippen LogP contribution < -0.4 is 0 Å². The fraction of sp³-hybridized carbons (Fsp3) is 0.304. The van der Waals surface area contributed by atoms with E-state index in [1.165, 1.54) is 37.3 Å². The second-order valence-corrected chi connectivity index (χ2v) is 6.70. The third-order valence-electron chi connectivity index (χ3n) is 4.95. The van der Waals surface area contributed by atoms with Crippen molar-refractivity contribution >= 4 is 0 Å². The normalized spacial score (nSPS) is 20.1. The molecule has 1 aliphatic carbocycles. The molecule has 0 atom stereocenters. The Hall–Kier alpha value is -2.33. The Morgan fingerprint density at radius 1 is 1.04 bits per heavy atom. The van der Waals surface area contributed by atoms with E-state index in [0.29, 0.717) is 17.4 Å². The average Bonchev–Trinajstić information content (AvgIpc) is 2.62. The van der Waals surface area contributed by atoms with Crippen molar-refractivity contribution in [3.05, 3.63) is 83.2 Å². The lowest BCUT2D eigenvalue weighted by Crippen LogP contribution is -2.11. The summed E-state index contributed by atoms with van der Waals surface area (Å²) in [4.78, 5) is 0. The zero-order chi connectivity index (χ0) is 16.9. The molecule has 2 aromatic rings. The van der Waals surface area contributed by atoms with Gasteiger partial charge in [-0.3, -0.25) is 0 Å². The van der Waals surface area contributed by atoms with E-state index in [1.54, 1.807) is 6.07 Å². The highest BCUT2D eigenvalue weighted by atomic mass is 19.1. The van der Waals surface area contributed by atoms with Gasteiger partial charge in [0.25, 0.3) is 0 Å². The molecule has 0 aliphatic heterocycles. The van der Waals surface area contributed by atoms with Crippen LogP contribution in [0.4, 0.5) is 4.39 Å². The lowest BCUT2D eigenvalue weighted by atomic mass is 9.79. The number of benzene rings is 2. The molecule has 3 rings (SSSR count). The fourth-order valence-corrected chi connectivity index (χ4v) is 3.39. The SMILES string of the molecule is C=CC1CCC(c2ccc(C#Cc3ccc(C)cc3F)cc2)CC1.[HH]. The molecule has 0 heterocycles. The van der Waals surface area contributed by atoms with E-state index in [2.05, 4.69) is 36.6 Å². The molecule has 1 saturated carbocycles. The molecule has 0 nitrogen and oxygen atoms in total. The minimum absolute atomic E-state index is 0. The van der Waals surface area contributed by atoms with Crippen molar-refractivity contribution < 1.29 is 5.82 Å². The summed E-state index contributed by atoms with van der Waals surface area (Å²) in [5, 5.41) is 0. The predicted octanol–water partition coefficient (Wildman–Crippen LogP) is 6.24. The van der Waals surface area contributed by atoms with Crippen molar-refractivity contribution in [3.8, 4) is 11.8 Å². The molecule has 2 aromatic carbocycles. The van der Waals surface area contributed by atoms with Crippen LogP contribution in [0.3, 0.4) is 0 Å². The van der Waals surface area contributed by atoms with E-state index < -0.39 is 0 Å². The van der Waals surface area contributed by atoms with Gasteiger partial charge in [0.15, 0.2) is 0 Å². The second kappa shape index (κ2) is 7.49. The lowest BCUT2D eigenvalue weighted by molar-refractivity contribution is 0.376. The Labute approximate surface area is 145 Å². The summed E-state index contributed by atoms with van der Waals surface area (Å²) in [5.74, 6) is 7.09. The van der Waals surface area contributed by atoms with Crippen molar-refractivity contribution in [1.82, 2.24) is 0 Å². The van der Waals surface area contributed by atoms with E-state index in [4.69, 9.17) is 0 Å². The van der Waals surface area contributed by atoms with E-state index in [1.807, 2.05) is 25.1 Å². The molecule has 0 spiro atoms. The van der Waals surface area contributed by atoms with Crippen LogP contribution in [0.15, 0.2) is 55.1 Å². The Kier molecular flexibility index (Phi) is 5.16. The predicted molar refractivity (Wildman–Crippen MR) is 101 cm³/mol. The first-order valence-electron chi connectivity index (χ1n) is 8.66. The average molecular weight is 320 g/mol. The number of allylic oxidation sites excluding steroid dienone is 1. The maximum atomic E-state index is 13.8. The Morgan fingerprint density at radius 2 is 1.75 bits per heavy atom. The summed E-state index contributed by atoms with van der Waals surface area (Å²) in [6.45, 7) is 5.78. The van der Waals surface area contributed by atoms with Gasteiger partial charge in [0.1, 0.15) is 5.82 Å². The van der Waals surface area contributed by atoms with Gasteiger partial charge in [-0.2, -0.15) is 0 Å². The van der Waals surface area contributed by atoms with Gasteiger partial charge in [-0.1, -0.05) is 36.1 Å². The fourth-order valence-electron chi connectivity index (χ4n) is 3.39. The van der Waals surface area contributed by atoms with E-state index in [0.717, 1.165) is 11.1 Å². The molecule has 0 unspecified atom stereocenters. The van der Waals surface area contributed by atoms with Gasteiger partial charge in [-0.05, 0) is 79.8 Å². The molecule has 0 radical (unpaired) electrons. The molecule has 0 aromatic heterocycles. The minimum atomic E-state index is -0.252. The van der Waals surface area contributed by atoms with Crippen molar-refractivity contribution in [2.75, 3.05) is 0 Å². The van der Waals surface area contributed by atoms with Gasteiger partial charge in [0, 0.05) is 6.99 Å².